The number of aryl methyl sites for hydroxylation is 1. The molecule has 2 rings (SSSR count). The molecular weight excluding hydrogens is 332 g/mol. The van der Waals surface area contributed by atoms with Gasteiger partial charge in [0.2, 0.25) is 5.91 Å². The van der Waals surface area contributed by atoms with Gasteiger partial charge in [0.15, 0.2) is 0 Å². The molecule has 0 aromatic heterocycles. The molecule has 1 unspecified atom stereocenters. The number of thioether (sulfide) groups is 1. The van der Waals surface area contributed by atoms with Crippen LogP contribution in [-0.2, 0) is 9.53 Å². The molecule has 0 heterocycles. The molecule has 0 saturated heterocycles. The summed E-state index contributed by atoms with van der Waals surface area (Å²) in [7, 11) is 1.55. The van der Waals surface area contributed by atoms with Crippen LogP contribution in [0.3, 0.4) is 0 Å². The predicted molar refractivity (Wildman–Crippen MR) is 98.3 cm³/mol. The van der Waals surface area contributed by atoms with Gasteiger partial charge in [-0.05, 0) is 31.9 Å². The molecule has 1 aromatic carbocycles. The number of amides is 1. The van der Waals surface area contributed by atoms with Crippen molar-refractivity contribution < 1.29 is 9.53 Å². The fourth-order valence-electron chi connectivity index (χ4n) is 2.83. The van der Waals surface area contributed by atoms with Crippen LogP contribution in [0.5, 0.6) is 0 Å². The number of nitrogens with two attached hydrogens (primary N) is 1. The number of hydrogen-bond donors (Lipinski definition) is 2. The van der Waals surface area contributed by atoms with Crippen molar-refractivity contribution >= 4 is 30.1 Å². The molecule has 1 aliphatic rings. The standard InChI is InChI=1S/C17H26N2O2S.ClH/c1-13-5-7-14(8-6-13)22-17(9-3-4-10-17)12-19-16(20)15(18)11-21-2;/h5-8,15H,3-4,9-12,18H2,1-2H3,(H,19,20);1H. The van der Waals surface area contributed by atoms with E-state index in [9.17, 15) is 4.79 Å². The zero-order valence-electron chi connectivity index (χ0n) is 13.8. The average molecular weight is 359 g/mol. The van der Waals surface area contributed by atoms with Crippen molar-refractivity contribution in [3.8, 4) is 0 Å². The lowest BCUT2D eigenvalue weighted by Crippen LogP contribution is -2.47. The molecule has 130 valence electrons. The van der Waals surface area contributed by atoms with Crippen molar-refractivity contribution in [2.75, 3.05) is 20.3 Å². The highest BCUT2D eigenvalue weighted by Gasteiger charge is 2.35. The highest BCUT2D eigenvalue weighted by molar-refractivity contribution is 8.00. The van der Waals surface area contributed by atoms with E-state index in [1.807, 2.05) is 11.8 Å². The van der Waals surface area contributed by atoms with Crippen molar-refractivity contribution in [3.63, 3.8) is 0 Å². The third-order valence-electron chi connectivity index (χ3n) is 4.14. The normalized spacial score (nSPS) is 17.3. The molecule has 1 aliphatic carbocycles. The molecule has 0 aliphatic heterocycles. The Morgan fingerprint density at radius 2 is 1.96 bits per heavy atom. The highest BCUT2D eigenvalue weighted by atomic mass is 35.5. The molecular formula is C17H27ClN2O2S. The lowest BCUT2D eigenvalue weighted by Gasteiger charge is -2.29. The van der Waals surface area contributed by atoms with E-state index in [1.54, 1.807) is 7.11 Å². The van der Waals surface area contributed by atoms with Crippen molar-refractivity contribution in [1.29, 1.82) is 0 Å². The van der Waals surface area contributed by atoms with Gasteiger partial charge in [-0.25, -0.2) is 0 Å². The Bertz CT molecular complexity index is 490. The number of nitrogens with one attached hydrogen (secondary N) is 1. The van der Waals surface area contributed by atoms with E-state index in [4.69, 9.17) is 10.5 Å². The lowest BCUT2D eigenvalue weighted by atomic mass is 10.1. The van der Waals surface area contributed by atoms with Gasteiger partial charge in [0, 0.05) is 23.3 Å². The summed E-state index contributed by atoms with van der Waals surface area (Å²) in [6.45, 7) is 3.02. The smallest absolute Gasteiger partial charge is 0.239 e. The second-order valence-electron chi connectivity index (χ2n) is 6.08. The number of benzene rings is 1. The Kier molecular flexibility index (Phi) is 8.40. The zero-order chi connectivity index (χ0) is 16.0. The van der Waals surface area contributed by atoms with E-state index < -0.39 is 6.04 Å². The molecule has 0 radical (unpaired) electrons. The van der Waals surface area contributed by atoms with Crippen LogP contribution in [0.4, 0.5) is 0 Å². The van der Waals surface area contributed by atoms with E-state index in [1.165, 1.54) is 23.3 Å². The molecule has 3 N–H and O–H groups in total. The van der Waals surface area contributed by atoms with Crippen molar-refractivity contribution in [3.05, 3.63) is 29.8 Å². The van der Waals surface area contributed by atoms with E-state index in [0.717, 1.165) is 12.8 Å². The Labute approximate surface area is 149 Å². The third kappa shape index (κ3) is 5.99. The van der Waals surface area contributed by atoms with Crippen molar-refractivity contribution in [2.24, 2.45) is 5.73 Å². The molecule has 4 nitrogen and oxygen atoms in total. The maximum absolute atomic E-state index is 12.0. The van der Waals surface area contributed by atoms with Crippen LogP contribution in [0, 0.1) is 6.92 Å². The quantitative estimate of drug-likeness (QED) is 0.786. The number of carbonyl (C=O) groups is 1. The second-order valence-corrected chi connectivity index (χ2v) is 7.63. The summed E-state index contributed by atoms with van der Waals surface area (Å²) < 4.78 is 5.03. The maximum atomic E-state index is 12.0. The molecule has 1 atom stereocenters. The SMILES string of the molecule is COCC(N)C(=O)NCC1(Sc2ccc(C)cc2)CCCC1.Cl. The fourth-order valence-corrected chi connectivity index (χ4v) is 4.23. The summed E-state index contributed by atoms with van der Waals surface area (Å²) in [4.78, 5) is 13.3. The van der Waals surface area contributed by atoms with Gasteiger partial charge in [0.1, 0.15) is 6.04 Å². The molecule has 0 bridgehead atoms. The minimum atomic E-state index is -0.590. The van der Waals surface area contributed by atoms with E-state index in [2.05, 4.69) is 36.5 Å². The zero-order valence-corrected chi connectivity index (χ0v) is 15.5. The first-order valence-electron chi connectivity index (χ1n) is 7.83. The predicted octanol–water partition coefficient (Wildman–Crippen LogP) is 2.91. The highest BCUT2D eigenvalue weighted by Crippen LogP contribution is 2.44. The Balaban J connectivity index is 0.00000264. The van der Waals surface area contributed by atoms with Crippen LogP contribution >= 0.6 is 24.2 Å². The second kappa shape index (κ2) is 9.52. The number of ether oxygens (including phenoxy) is 1. The summed E-state index contributed by atoms with van der Waals surface area (Å²) in [6, 6.07) is 8.01. The largest absolute Gasteiger partial charge is 0.383 e. The number of hydrogen-bond acceptors (Lipinski definition) is 4. The molecule has 1 aromatic rings. The number of rotatable bonds is 7. The minimum Gasteiger partial charge on any atom is -0.383 e. The van der Waals surface area contributed by atoms with Gasteiger partial charge in [-0.15, -0.1) is 24.2 Å². The van der Waals surface area contributed by atoms with E-state index in [0.29, 0.717) is 6.54 Å². The molecule has 6 heteroatoms. The molecule has 1 amide bonds. The fraction of sp³-hybridized carbons (Fsp3) is 0.588. The van der Waals surface area contributed by atoms with Crippen LogP contribution in [0.2, 0.25) is 0 Å². The van der Waals surface area contributed by atoms with Gasteiger partial charge < -0.3 is 15.8 Å². The Hall–Kier alpha value is -0.750. The van der Waals surface area contributed by atoms with Crippen LogP contribution in [-0.4, -0.2) is 37.0 Å². The first-order chi connectivity index (χ1) is 10.5. The summed E-state index contributed by atoms with van der Waals surface area (Å²) in [5.74, 6) is -0.127. The number of methoxy groups -OCH3 is 1. The number of halogens is 1. The molecule has 0 spiro atoms. The van der Waals surface area contributed by atoms with Crippen LogP contribution < -0.4 is 11.1 Å². The Morgan fingerprint density at radius 3 is 2.52 bits per heavy atom. The summed E-state index contributed by atoms with van der Waals surface area (Å²) >= 11 is 1.89. The first-order valence-corrected chi connectivity index (χ1v) is 8.64. The first kappa shape index (κ1) is 20.3. The van der Waals surface area contributed by atoms with Gasteiger partial charge in [0.05, 0.1) is 6.61 Å². The summed E-state index contributed by atoms with van der Waals surface area (Å²) in [6.07, 6.45) is 4.70. The summed E-state index contributed by atoms with van der Waals surface area (Å²) in [5.41, 5.74) is 7.05. The van der Waals surface area contributed by atoms with Crippen LogP contribution in [0.15, 0.2) is 29.2 Å². The molecule has 23 heavy (non-hydrogen) atoms. The van der Waals surface area contributed by atoms with E-state index >= 15 is 0 Å². The third-order valence-corrected chi connectivity index (χ3v) is 5.63. The van der Waals surface area contributed by atoms with Gasteiger partial charge in [-0.1, -0.05) is 30.5 Å². The minimum absolute atomic E-state index is 0. The van der Waals surface area contributed by atoms with Gasteiger partial charge >= 0.3 is 0 Å². The lowest BCUT2D eigenvalue weighted by molar-refractivity contribution is -0.123. The van der Waals surface area contributed by atoms with Gasteiger partial charge in [0.25, 0.3) is 0 Å². The molecule has 1 fully saturated rings. The monoisotopic (exact) mass is 358 g/mol. The Morgan fingerprint density at radius 1 is 1.35 bits per heavy atom. The van der Waals surface area contributed by atoms with Crippen molar-refractivity contribution in [2.45, 2.75) is 48.3 Å². The van der Waals surface area contributed by atoms with Gasteiger partial charge in [-0.3, -0.25) is 4.79 Å². The van der Waals surface area contributed by atoms with Crippen LogP contribution in [0.1, 0.15) is 31.2 Å². The number of carbonyl (C=O) groups excluding carboxylic acids is 1. The van der Waals surface area contributed by atoms with Gasteiger partial charge in [-0.2, -0.15) is 0 Å². The van der Waals surface area contributed by atoms with Crippen molar-refractivity contribution in [1.82, 2.24) is 5.32 Å². The average Bonchev–Trinajstić information content (AvgIpc) is 2.96. The topological polar surface area (TPSA) is 64.3 Å². The maximum Gasteiger partial charge on any atom is 0.239 e. The molecule has 1 saturated carbocycles. The van der Waals surface area contributed by atoms with Crippen LogP contribution in [0.25, 0.3) is 0 Å². The summed E-state index contributed by atoms with van der Waals surface area (Å²) in [5, 5.41) is 3.02. The van der Waals surface area contributed by atoms with E-state index in [-0.39, 0.29) is 29.7 Å².